The molecule has 0 heterocycles. The van der Waals surface area contributed by atoms with Crippen LogP contribution in [0.1, 0.15) is 0 Å². The number of hydrogen-bond donors (Lipinski definition) is 0. The molecule has 0 aliphatic carbocycles. The van der Waals surface area contributed by atoms with Crippen LogP contribution in [0.15, 0.2) is 12.1 Å². The molecule has 60 valence electrons. The number of benzene rings is 1. The first-order chi connectivity index (χ1) is 5.15. The number of rotatable bonds is 1. The van der Waals surface area contributed by atoms with Crippen molar-refractivity contribution in [1.29, 1.82) is 0 Å². The van der Waals surface area contributed by atoms with Gasteiger partial charge in [-0.3, -0.25) is 0 Å². The fraction of sp³-hybridized carbons (Fsp3) is 0. The Bertz CT molecular complexity index is 254. The molecule has 0 aliphatic rings. The largest absolute Gasteiger partial charge is 0.207 e. The third-order valence-corrected chi connectivity index (χ3v) is 3.39. The molecule has 0 N–H and O–H groups in total. The molecule has 1 unspecified atom stereocenters. The van der Waals surface area contributed by atoms with Crippen LogP contribution >= 0.6 is 28.3 Å². The van der Waals surface area contributed by atoms with Gasteiger partial charge in [0.1, 0.15) is 17.5 Å². The van der Waals surface area contributed by atoms with Gasteiger partial charge in [-0.1, -0.05) is 22.0 Å². The Morgan fingerprint density at radius 2 is 1.55 bits per heavy atom. The molecule has 0 amide bonds. The van der Waals surface area contributed by atoms with Gasteiger partial charge in [0.05, 0.1) is 5.30 Å². The second kappa shape index (κ2) is 3.72. The quantitative estimate of drug-likeness (QED) is 0.551. The van der Waals surface area contributed by atoms with Gasteiger partial charge in [-0.25, -0.2) is 13.2 Å². The number of hydrogen-bond acceptors (Lipinski definition) is 0. The van der Waals surface area contributed by atoms with E-state index in [1.54, 1.807) is 0 Å². The molecule has 0 saturated carbocycles. The summed E-state index contributed by atoms with van der Waals surface area (Å²) >= 11 is 1.84. The molecule has 1 atom stereocenters. The van der Waals surface area contributed by atoms with Crippen molar-refractivity contribution in [1.82, 2.24) is 0 Å². The van der Waals surface area contributed by atoms with Gasteiger partial charge in [-0.2, -0.15) is 0 Å². The minimum Gasteiger partial charge on any atom is -0.207 e. The Hall–Kier alpha value is 0.170. The molecule has 0 nitrogen and oxygen atoms in total. The second-order valence-electron chi connectivity index (χ2n) is 1.84. The van der Waals surface area contributed by atoms with Crippen molar-refractivity contribution in [2.75, 3.05) is 0 Å². The lowest BCUT2D eigenvalue weighted by Crippen LogP contribution is -2.06. The van der Waals surface area contributed by atoms with Gasteiger partial charge in [0.25, 0.3) is 0 Å². The van der Waals surface area contributed by atoms with Crippen molar-refractivity contribution in [3.63, 3.8) is 0 Å². The van der Waals surface area contributed by atoms with Crippen molar-refractivity contribution in [3.8, 4) is 0 Å². The summed E-state index contributed by atoms with van der Waals surface area (Å²) in [4.78, 5) is 0. The van der Waals surface area contributed by atoms with Gasteiger partial charge in [-0.15, -0.1) is 0 Å². The van der Waals surface area contributed by atoms with E-state index in [1.165, 1.54) is 0 Å². The Morgan fingerprint density at radius 3 is 1.91 bits per heavy atom. The third kappa shape index (κ3) is 2.06. The standard InChI is InChI=1S/C6H3F3IP/c7-3-1-4(8)6(11-10)5(9)2-3/h1-2,11H. The highest BCUT2D eigenvalue weighted by Crippen LogP contribution is 2.23. The first-order valence-electron chi connectivity index (χ1n) is 2.66. The summed E-state index contributed by atoms with van der Waals surface area (Å²) in [5.74, 6) is -2.50. The Morgan fingerprint density at radius 1 is 1.09 bits per heavy atom. The van der Waals surface area contributed by atoms with Crippen molar-refractivity contribution in [3.05, 3.63) is 29.6 Å². The van der Waals surface area contributed by atoms with E-state index < -0.39 is 17.5 Å². The summed E-state index contributed by atoms with van der Waals surface area (Å²) in [6.45, 7) is 0. The van der Waals surface area contributed by atoms with Crippen LogP contribution in [-0.2, 0) is 0 Å². The maximum atomic E-state index is 12.6. The van der Waals surface area contributed by atoms with Gasteiger partial charge in [0.2, 0.25) is 0 Å². The molecular weight excluding hydrogens is 287 g/mol. The van der Waals surface area contributed by atoms with E-state index >= 15 is 0 Å². The molecule has 1 aromatic carbocycles. The van der Waals surface area contributed by atoms with Crippen LogP contribution in [-0.4, -0.2) is 0 Å². The summed E-state index contributed by atoms with van der Waals surface area (Å²) in [5, 5.41) is -0.0491. The highest BCUT2D eigenvalue weighted by Gasteiger charge is 2.09. The molecule has 0 aromatic heterocycles. The topological polar surface area (TPSA) is 0 Å². The van der Waals surface area contributed by atoms with E-state index in [-0.39, 0.29) is 11.5 Å². The molecule has 0 bridgehead atoms. The molecule has 5 heteroatoms. The van der Waals surface area contributed by atoms with Crippen molar-refractivity contribution in [2.24, 2.45) is 0 Å². The van der Waals surface area contributed by atoms with Crippen LogP contribution in [0.2, 0.25) is 0 Å². The molecular formula is C6H3F3IP. The van der Waals surface area contributed by atoms with Crippen molar-refractivity contribution < 1.29 is 13.2 Å². The SMILES string of the molecule is Fc1cc(F)c(PI)c(F)c1. The molecule has 1 aromatic rings. The molecule has 0 aliphatic heterocycles. The number of halogens is 4. The minimum absolute atomic E-state index is 0.0226. The average molecular weight is 290 g/mol. The Kier molecular flexibility index (Phi) is 3.13. The van der Waals surface area contributed by atoms with Crippen LogP contribution < -0.4 is 5.30 Å². The summed E-state index contributed by atoms with van der Waals surface area (Å²) < 4.78 is 37.5. The smallest absolute Gasteiger partial charge is 0.137 e. The maximum absolute atomic E-state index is 12.6. The maximum Gasteiger partial charge on any atom is 0.137 e. The third-order valence-electron chi connectivity index (χ3n) is 1.10. The second-order valence-corrected chi connectivity index (χ2v) is 4.15. The lowest BCUT2D eigenvalue weighted by Gasteiger charge is -1.99. The van der Waals surface area contributed by atoms with Crippen LogP contribution in [0.5, 0.6) is 0 Å². The van der Waals surface area contributed by atoms with Gasteiger partial charge in [0.15, 0.2) is 0 Å². The Balaban J connectivity index is 3.25. The van der Waals surface area contributed by atoms with Crippen molar-refractivity contribution >= 4 is 33.6 Å². The van der Waals surface area contributed by atoms with E-state index in [4.69, 9.17) is 0 Å². The van der Waals surface area contributed by atoms with E-state index in [2.05, 4.69) is 0 Å². The first-order valence-corrected chi connectivity index (χ1v) is 6.77. The van der Waals surface area contributed by atoms with E-state index in [1.807, 2.05) is 22.0 Å². The van der Waals surface area contributed by atoms with Gasteiger partial charge in [-0.05, 0) is 6.22 Å². The monoisotopic (exact) mass is 290 g/mol. The minimum atomic E-state index is -0.876. The Labute approximate surface area is 76.4 Å². The summed E-state index contributed by atoms with van der Waals surface area (Å²) in [6, 6.07) is 1.37. The first kappa shape index (κ1) is 9.26. The molecule has 0 fully saturated rings. The van der Waals surface area contributed by atoms with Crippen molar-refractivity contribution in [2.45, 2.75) is 0 Å². The molecule has 11 heavy (non-hydrogen) atoms. The predicted molar refractivity (Wildman–Crippen MR) is 48.3 cm³/mol. The molecule has 0 saturated heterocycles. The predicted octanol–water partition coefficient (Wildman–Crippen LogP) is 2.76. The normalized spacial score (nSPS) is 11.3. The zero-order valence-electron chi connectivity index (χ0n) is 5.17. The summed E-state index contributed by atoms with van der Waals surface area (Å²) in [5.41, 5.74) is 0. The fourth-order valence-electron chi connectivity index (χ4n) is 0.632. The van der Waals surface area contributed by atoms with Crippen LogP contribution in [0.25, 0.3) is 0 Å². The fourth-order valence-corrected chi connectivity index (χ4v) is 2.50. The van der Waals surface area contributed by atoms with Gasteiger partial charge < -0.3 is 0 Å². The van der Waals surface area contributed by atoms with Crippen LogP contribution in [0.3, 0.4) is 0 Å². The van der Waals surface area contributed by atoms with E-state index in [0.29, 0.717) is 12.1 Å². The highest BCUT2D eigenvalue weighted by atomic mass is 127. The molecule has 0 spiro atoms. The van der Waals surface area contributed by atoms with Crippen LogP contribution in [0, 0.1) is 17.5 Å². The lowest BCUT2D eigenvalue weighted by atomic mass is 10.3. The summed E-state index contributed by atoms with van der Waals surface area (Å²) in [7, 11) is 0. The van der Waals surface area contributed by atoms with Gasteiger partial charge in [0, 0.05) is 12.1 Å². The van der Waals surface area contributed by atoms with Gasteiger partial charge >= 0.3 is 0 Å². The zero-order chi connectivity index (χ0) is 8.43. The average Bonchev–Trinajstić information content (AvgIpc) is 1.85. The van der Waals surface area contributed by atoms with E-state index in [0.717, 1.165) is 0 Å². The zero-order valence-corrected chi connectivity index (χ0v) is 8.32. The van der Waals surface area contributed by atoms with Crippen LogP contribution in [0.4, 0.5) is 13.2 Å². The highest BCUT2D eigenvalue weighted by molar-refractivity contribution is 14.2. The van der Waals surface area contributed by atoms with E-state index in [9.17, 15) is 13.2 Å². The lowest BCUT2D eigenvalue weighted by molar-refractivity contribution is 0.554. The summed E-state index contributed by atoms with van der Waals surface area (Å²) in [6.07, 6.45) is -0.0226. The molecule has 1 rings (SSSR count). The molecule has 0 radical (unpaired) electrons.